The van der Waals surface area contributed by atoms with Gasteiger partial charge in [-0.1, -0.05) is 69.3 Å². The van der Waals surface area contributed by atoms with Crippen LogP contribution in [0.25, 0.3) is 22.4 Å². The van der Waals surface area contributed by atoms with Gasteiger partial charge in [-0.25, -0.2) is 4.39 Å². The molecule has 4 aromatic rings. The molecule has 1 aromatic heterocycles. The zero-order valence-electron chi connectivity index (χ0n) is 26.7. The summed E-state index contributed by atoms with van der Waals surface area (Å²) >= 11 is 0. The smallest absolute Gasteiger partial charge is 0.313 e. The number of ether oxygens (including phenoxy) is 1. The Morgan fingerprint density at radius 2 is 1.47 bits per heavy atom. The molecule has 0 saturated heterocycles. The predicted molar refractivity (Wildman–Crippen MR) is 174 cm³/mol. The Bertz CT molecular complexity index is 1660. The first-order valence-corrected chi connectivity index (χ1v) is 15.2. The molecule has 3 aromatic carbocycles. The van der Waals surface area contributed by atoms with Crippen molar-refractivity contribution in [1.82, 2.24) is 4.57 Å². The van der Waals surface area contributed by atoms with Crippen molar-refractivity contribution in [3.05, 3.63) is 102 Å². The second kappa shape index (κ2) is 13.6. The molecule has 236 valence electrons. The molecule has 0 aliphatic heterocycles. The number of halogens is 1. The minimum absolute atomic E-state index is 0.0730. The number of carbonyl (C=O) groups is 3. The van der Waals surface area contributed by atoms with E-state index in [4.69, 9.17) is 4.74 Å². The van der Waals surface area contributed by atoms with Crippen molar-refractivity contribution < 1.29 is 28.6 Å². The third-order valence-corrected chi connectivity index (χ3v) is 7.42. The van der Waals surface area contributed by atoms with E-state index < -0.39 is 47.6 Å². The molecule has 45 heavy (non-hydrogen) atoms. The van der Waals surface area contributed by atoms with E-state index in [-0.39, 0.29) is 12.3 Å². The molecule has 1 heterocycles. The molecule has 0 aliphatic carbocycles. The lowest BCUT2D eigenvalue weighted by molar-refractivity contribution is -0.157. The van der Waals surface area contributed by atoms with E-state index in [1.807, 2.05) is 62.4 Å². The summed E-state index contributed by atoms with van der Waals surface area (Å²) in [5.74, 6) is -2.35. The molecule has 7 nitrogen and oxygen atoms in total. The number of rotatable bonds is 11. The van der Waals surface area contributed by atoms with Crippen molar-refractivity contribution in [2.45, 2.75) is 78.0 Å². The molecule has 8 heteroatoms. The standard InChI is InChI=1S/C37H41FN2O5/c1-7-37(44,23-29(41)22-30(42)45-36(4,5)6)40-33(24(2)3)32(35(43)39-28-16-12-9-13-17-28)31(25-14-10-8-11-15-25)34(40)26-18-20-27(38)21-19-26/h8-21,24,44H,7,22-23H2,1-6H3,(H,39,43). The highest BCUT2D eigenvalue weighted by atomic mass is 19.1. The minimum atomic E-state index is -1.85. The maximum Gasteiger partial charge on any atom is 0.313 e. The van der Waals surface area contributed by atoms with Crippen LogP contribution in [0.5, 0.6) is 0 Å². The molecule has 4 rings (SSSR count). The molecule has 2 N–H and O–H groups in total. The second-order valence-corrected chi connectivity index (χ2v) is 12.5. The summed E-state index contributed by atoms with van der Waals surface area (Å²) in [6, 6.07) is 24.2. The summed E-state index contributed by atoms with van der Waals surface area (Å²) in [6.45, 7) is 10.7. The van der Waals surface area contributed by atoms with Gasteiger partial charge in [0, 0.05) is 16.9 Å². The number of esters is 1. The first-order valence-electron chi connectivity index (χ1n) is 15.2. The number of para-hydroxylation sites is 1. The Morgan fingerprint density at radius 1 is 0.889 bits per heavy atom. The number of amides is 1. The summed E-state index contributed by atoms with van der Waals surface area (Å²) in [5.41, 5.74) is 1.02. The van der Waals surface area contributed by atoms with Crippen molar-refractivity contribution in [1.29, 1.82) is 0 Å². The number of aliphatic hydroxyl groups is 1. The maximum atomic E-state index is 14.3. The van der Waals surface area contributed by atoms with Crippen LogP contribution in [0.2, 0.25) is 0 Å². The molecular weight excluding hydrogens is 571 g/mol. The Labute approximate surface area is 264 Å². The number of benzene rings is 3. The molecule has 0 saturated carbocycles. The van der Waals surface area contributed by atoms with Crippen molar-refractivity contribution in [2.24, 2.45) is 0 Å². The SMILES string of the molecule is CCC(O)(CC(=O)CC(=O)OC(C)(C)C)n1c(-c2ccc(F)cc2)c(-c2ccccc2)c(C(=O)Nc2ccccc2)c1C(C)C. The first kappa shape index (κ1) is 33.3. The van der Waals surface area contributed by atoms with Crippen molar-refractivity contribution in [3.63, 3.8) is 0 Å². The normalized spacial score (nSPS) is 12.9. The fourth-order valence-electron chi connectivity index (χ4n) is 5.56. The Hall–Kier alpha value is -4.56. The lowest BCUT2D eigenvalue weighted by atomic mass is 9.94. The highest BCUT2D eigenvalue weighted by molar-refractivity contribution is 6.12. The molecule has 0 spiro atoms. The van der Waals surface area contributed by atoms with Crippen LogP contribution in [0.3, 0.4) is 0 Å². The summed E-state index contributed by atoms with van der Waals surface area (Å²) in [7, 11) is 0. The van der Waals surface area contributed by atoms with Crippen LogP contribution in [0.15, 0.2) is 84.9 Å². The maximum absolute atomic E-state index is 14.3. The molecule has 1 atom stereocenters. The van der Waals surface area contributed by atoms with Crippen LogP contribution in [0.4, 0.5) is 10.1 Å². The van der Waals surface area contributed by atoms with Crippen LogP contribution in [-0.4, -0.2) is 32.9 Å². The van der Waals surface area contributed by atoms with Crippen LogP contribution >= 0.6 is 0 Å². The largest absolute Gasteiger partial charge is 0.460 e. The van der Waals surface area contributed by atoms with Crippen molar-refractivity contribution >= 4 is 23.3 Å². The van der Waals surface area contributed by atoms with Gasteiger partial charge in [0.25, 0.3) is 5.91 Å². The first-order chi connectivity index (χ1) is 21.2. The van der Waals surface area contributed by atoms with Gasteiger partial charge in [-0.2, -0.15) is 0 Å². The van der Waals surface area contributed by atoms with Gasteiger partial charge in [0.1, 0.15) is 29.3 Å². The van der Waals surface area contributed by atoms with E-state index in [0.29, 0.717) is 39.3 Å². The average molecular weight is 613 g/mol. The van der Waals surface area contributed by atoms with Crippen LogP contribution in [0, 0.1) is 5.82 Å². The van der Waals surface area contributed by atoms with Gasteiger partial charge >= 0.3 is 5.97 Å². The number of aromatic nitrogens is 1. The highest BCUT2D eigenvalue weighted by Gasteiger charge is 2.40. The number of hydrogen-bond acceptors (Lipinski definition) is 5. The monoisotopic (exact) mass is 612 g/mol. The minimum Gasteiger partial charge on any atom is -0.460 e. The number of hydrogen-bond donors (Lipinski definition) is 2. The van der Waals surface area contributed by atoms with E-state index in [1.54, 1.807) is 56.5 Å². The van der Waals surface area contributed by atoms with Gasteiger partial charge in [-0.3, -0.25) is 14.4 Å². The van der Waals surface area contributed by atoms with Gasteiger partial charge in [-0.05, 0) is 80.6 Å². The van der Waals surface area contributed by atoms with Crippen LogP contribution in [-0.2, 0) is 20.1 Å². The van der Waals surface area contributed by atoms with Gasteiger partial charge < -0.3 is 19.7 Å². The number of anilines is 1. The topological polar surface area (TPSA) is 97.6 Å². The van der Waals surface area contributed by atoms with Gasteiger partial charge in [0.2, 0.25) is 0 Å². The van der Waals surface area contributed by atoms with E-state index in [0.717, 1.165) is 0 Å². The third kappa shape index (κ3) is 7.75. The molecular formula is C37H41FN2O5. The summed E-state index contributed by atoms with van der Waals surface area (Å²) in [5, 5.41) is 15.5. The van der Waals surface area contributed by atoms with E-state index in [1.165, 1.54) is 12.1 Å². The Kier molecular flexibility index (Phi) is 10.1. The summed E-state index contributed by atoms with van der Waals surface area (Å²) < 4.78 is 21.2. The quantitative estimate of drug-likeness (QED) is 0.132. The van der Waals surface area contributed by atoms with Crippen LogP contribution in [0.1, 0.15) is 82.8 Å². The molecule has 0 fully saturated rings. The highest BCUT2D eigenvalue weighted by Crippen LogP contribution is 2.46. The average Bonchev–Trinajstić information content (AvgIpc) is 3.35. The van der Waals surface area contributed by atoms with E-state index in [2.05, 4.69) is 5.32 Å². The van der Waals surface area contributed by atoms with Gasteiger partial charge in [0.15, 0.2) is 0 Å². The Balaban J connectivity index is 2.02. The number of carbonyl (C=O) groups excluding carboxylic acids is 3. The zero-order valence-corrected chi connectivity index (χ0v) is 26.7. The van der Waals surface area contributed by atoms with Crippen molar-refractivity contribution in [2.75, 3.05) is 5.32 Å². The number of ketones is 1. The van der Waals surface area contributed by atoms with Gasteiger partial charge in [0.05, 0.1) is 17.7 Å². The van der Waals surface area contributed by atoms with E-state index >= 15 is 0 Å². The number of nitrogens with one attached hydrogen (secondary N) is 1. The van der Waals surface area contributed by atoms with Gasteiger partial charge in [-0.15, -0.1) is 0 Å². The molecule has 0 radical (unpaired) electrons. The van der Waals surface area contributed by atoms with Crippen LogP contribution < -0.4 is 5.32 Å². The lowest BCUT2D eigenvalue weighted by Crippen LogP contribution is -2.38. The predicted octanol–water partition coefficient (Wildman–Crippen LogP) is 8.08. The van der Waals surface area contributed by atoms with Crippen molar-refractivity contribution in [3.8, 4) is 22.4 Å². The second-order valence-electron chi connectivity index (χ2n) is 12.5. The fourth-order valence-corrected chi connectivity index (χ4v) is 5.56. The third-order valence-electron chi connectivity index (χ3n) is 7.42. The number of Topliss-reactive ketones (excluding diaryl/α,β-unsaturated/α-hetero) is 1. The zero-order chi connectivity index (χ0) is 32.9. The summed E-state index contributed by atoms with van der Waals surface area (Å²) in [4.78, 5) is 40.3. The van der Waals surface area contributed by atoms with E-state index in [9.17, 15) is 23.9 Å². The summed E-state index contributed by atoms with van der Waals surface area (Å²) in [6.07, 6.45) is -0.862. The Morgan fingerprint density at radius 3 is 2.00 bits per heavy atom. The molecule has 1 unspecified atom stereocenters. The number of nitrogens with zero attached hydrogens (tertiary/aromatic N) is 1. The lowest BCUT2D eigenvalue weighted by Gasteiger charge is -2.34. The fraction of sp³-hybridized carbons (Fsp3) is 0.324. The molecule has 0 bridgehead atoms. The molecule has 0 aliphatic rings. The molecule has 1 amide bonds.